The minimum absolute atomic E-state index is 0.408. The molecule has 2 aromatic rings. The molecule has 0 spiro atoms. The van der Waals surface area contributed by atoms with Gasteiger partial charge in [0.2, 0.25) is 0 Å². The van der Waals surface area contributed by atoms with E-state index in [-0.39, 0.29) is 0 Å². The van der Waals surface area contributed by atoms with Crippen molar-refractivity contribution in [2.24, 2.45) is 10.7 Å². The summed E-state index contributed by atoms with van der Waals surface area (Å²) in [5, 5.41) is 3.15. The first-order valence-electron chi connectivity index (χ1n) is 7.73. The molecule has 0 heterocycles. The average molecular weight is 327 g/mol. The molecule has 1 aliphatic rings. The van der Waals surface area contributed by atoms with Gasteiger partial charge in [-0.25, -0.2) is 4.99 Å². The van der Waals surface area contributed by atoms with Crippen LogP contribution in [0.25, 0.3) is 0 Å². The highest BCUT2D eigenvalue weighted by molar-refractivity contribution is 7.84. The first kappa shape index (κ1) is 15.7. The van der Waals surface area contributed by atoms with Crippen molar-refractivity contribution in [1.82, 2.24) is 0 Å². The van der Waals surface area contributed by atoms with E-state index >= 15 is 0 Å². The number of nitrogens with one attached hydrogen (secondary N) is 1. The first-order chi connectivity index (χ1) is 11.1. The Labute approximate surface area is 139 Å². The molecule has 3 rings (SSSR count). The van der Waals surface area contributed by atoms with E-state index in [0.29, 0.717) is 12.5 Å². The molecule has 1 unspecified atom stereocenters. The van der Waals surface area contributed by atoms with Crippen LogP contribution >= 0.6 is 0 Å². The summed E-state index contributed by atoms with van der Waals surface area (Å²) in [5.41, 5.74) is 10.8. The van der Waals surface area contributed by atoms with Gasteiger partial charge in [0.1, 0.15) is 0 Å². The summed E-state index contributed by atoms with van der Waals surface area (Å²) in [4.78, 5) is 5.19. The molecular formula is C18H21N3OS. The van der Waals surface area contributed by atoms with Crippen molar-refractivity contribution in [1.29, 1.82) is 0 Å². The van der Waals surface area contributed by atoms with Crippen molar-refractivity contribution >= 4 is 22.4 Å². The number of hydrogen-bond donors (Lipinski definition) is 2. The van der Waals surface area contributed by atoms with Crippen LogP contribution in [0.3, 0.4) is 0 Å². The highest BCUT2D eigenvalue weighted by atomic mass is 32.2. The van der Waals surface area contributed by atoms with Crippen molar-refractivity contribution in [2.45, 2.75) is 30.7 Å². The van der Waals surface area contributed by atoms with Gasteiger partial charge in [-0.05, 0) is 60.2 Å². The van der Waals surface area contributed by atoms with Crippen LogP contribution in [0.5, 0.6) is 0 Å². The second-order valence-corrected chi connectivity index (χ2v) is 7.14. The van der Waals surface area contributed by atoms with Crippen LogP contribution in [0, 0.1) is 0 Å². The van der Waals surface area contributed by atoms with Crippen LogP contribution in [-0.2, 0) is 30.2 Å². The van der Waals surface area contributed by atoms with E-state index < -0.39 is 10.8 Å². The third-order valence-electron chi connectivity index (χ3n) is 4.06. The number of guanidine groups is 1. The molecule has 0 bridgehead atoms. The molecule has 0 aromatic heterocycles. The van der Waals surface area contributed by atoms with E-state index in [1.165, 1.54) is 24.0 Å². The maximum atomic E-state index is 11.4. The summed E-state index contributed by atoms with van der Waals surface area (Å²) >= 11 is 0. The van der Waals surface area contributed by atoms with E-state index in [1.807, 2.05) is 24.3 Å². The topological polar surface area (TPSA) is 67.5 Å². The molecule has 1 atom stereocenters. The fourth-order valence-corrected chi connectivity index (χ4v) is 3.32. The predicted molar refractivity (Wildman–Crippen MR) is 96.2 cm³/mol. The Bertz CT molecular complexity index is 753. The number of aliphatic imine (C=N–C) groups is 1. The number of hydrogen-bond acceptors (Lipinski definition) is 2. The Morgan fingerprint density at radius 1 is 1.17 bits per heavy atom. The summed E-state index contributed by atoms with van der Waals surface area (Å²) in [5.74, 6) is 0.408. The monoisotopic (exact) mass is 327 g/mol. The zero-order chi connectivity index (χ0) is 16.2. The van der Waals surface area contributed by atoms with Crippen LogP contribution in [0.2, 0.25) is 0 Å². The number of anilines is 1. The quantitative estimate of drug-likeness (QED) is 0.670. The largest absolute Gasteiger partial charge is 0.370 e. The molecule has 0 amide bonds. The number of fused-ring (bicyclic) bond motifs is 1. The second kappa shape index (κ2) is 6.96. The number of benzene rings is 2. The second-order valence-electron chi connectivity index (χ2n) is 5.76. The molecule has 3 N–H and O–H groups in total. The third-order valence-corrected chi connectivity index (χ3v) is 4.99. The highest BCUT2D eigenvalue weighted by Gasteiger charge is 2.10. The lowest BCUT2D eigenvalue weighted by Gasteiger charge is -2.08. The van der Waals surface area contributed by atoms with Crippen LogP contribution in [-0.4, -0.2) is 16.4 Å². The molecule has 0 saturated carbocycles. The number of rotatable bonds is 4. The van der Waals surface area contributed by atoms with Gasteiger partial charge in [-0.15, -0.1) is 0 Å². The lowest BCUT2D eigenvalue weighted by Crippen LogP contribution is -2.22. The number of aryl methyl sites for hydroxylation is 2. The number of nitrogens with two attached hydrogens (primary N) is 1. The molecule has 0 saturated heterocycles. The Morgan fingerprint density at radius 2 is 1.91 bits per heavy atom. The lowest BCUT2D eigenvalue weighted by molar-refractivity contribution is 0.687. The van der Waals surface area contributed by atoms with Crippen LogP contribution in [0.4, 0.5) is 5.69 Å². The molecule has 120 valence electrons. The highest BCUT2D eigenvalue weighted by Crippen LogP contribution is 2.24. The number of nitrogens with zero attached hydrogens (tertiary/aromatic N) is 1. The van der Waals surface area contributed by atoms with Gasteiger partial charge in [-0.3, -0.25) is 4.21 Å². The normalized spacial score (nSPS) is 15.3. The van der Waals surface area contributed by atoms with E-state index in [2.05, 4.69) is 28.5 Å². The SMILES string of the molecule is CS(=O)c1ccc(CN=C(N)Nc2ccc3c(c2)CCC3)cc1. The molecule has 5 heteroatoms. The van der Waals surface area contributed by atoms with Gasteiger partial charge in [0, 0.05) is 27.6 Å². The molecule has 0 radical (unpaired) electrons. The van der Waals surface area contributed by atoms with Crippen LogP contribution in [0.1, 0.15) is 23.1 Å². The van der Waals surface area contributed by atoms with Gasteiger partial charge >= 0.3 is 0 Å². The maximum absolute atomic E-state index is 11.4. The average Bonchev–Trinajstić information content (AvgIpc) is 3.01. The fourth-order valence-electron chi connectivity index (χ4n) is 2.80. The predicted octanol–water partition coefficient (Wildman–Crippen LogP) is 2.84. The minimum atomic E-state index is -0.950. The van der Waals surface area contributed by atoms with Crippen molar-refractivity contribution in [3.05, 3.63) is 59.2 Å². The van der Waals surface area contributed by atoms with Crippen molar-refractivity contribution < 1.29 is 4.21 Å². The van der Waals surface area contributed by atoms with Crippen molar-refractivity contribution in [3.8, 4) is 0 Å². The molecule has 0 fully saturated rings. The molecule has 2 aromatic carbocycles. The van der Waals surface area contributed by atoms with Gasteiger partial charge in [-0.2, -0.15) is 0 Å². The van der Waals surface area contributed by atoms with E-state index in [4.69, 9.17) is 5.73 Å². The maximum Gasteiger partial charge on any atom is 0.193 e. The lowest BCUT2D eigenvalue weighted by atomic mass is 10.1. The molecular weight excluding hydrogens is 306 g/mol. The molecule has 23 heavy (non-hydrogen) atoms. The Kier molecular flexibility index (Phi) is 4.76. The summed E-state index contributed by atoms with van der Waals surface area (Å²) in [6.07, 6.45) is 5.23. The summed E-state index contributed by atoms with van der Waals surface area (Å²) < 4.78 is 11.4. The van der Waals surface area contributed by atoms with E-state index in [1.54, 1.807) is 6.26 Å². The van der Waals surface area contributed by atoms with Crippen molar-refractivity contribution in [2.75, 3.05) is 11.6 Å². The standard InChI is InChI=1S/C18H21N3OS/c1-23(22)17-9-5-13(6-10-17)12-20-18(19)21-16-8-7-14-3-2-4-15(14)11-16/h5-11H,2-4,12H2,1H3,(H3,19,20,21). The van der Waals surface area contributed by atoms with Gasteiger partial charge in [0.25, 0.3) is 0 Å². The Morgan fingerprint density at radius 3 is 2.65 bits per heavy atom. The van der Waals surface area contributed by atoms with Crippen molar-refractivity contribution in [3.63, 3.8) is 0 Å². The summed E-state index contributed by atoms with van der Waals surface area (Å²) in [6, 6.07) is 14.0. The van der Waals surface area contributed by atoms with Crippen LogP contribution in [0.15, 0.2) is 52.4 Å². The van der Waals surface area contributed by atoms with E-state index in [9.17, 15) is 4.21 Å². The molecule has 1 aliphatic carbocycles. The minimum Gasteiger partial charge on any atom is -0.370 e. The fraction of sp³-hybridized carbons (Fsp3) is 0.278. The summed E-state index contributed by atoms with van der Waals surface area (Å²) in [7, 11) is -0.950. The molecule has 4 nitrogen and oxygen atoms in total. The zero-order valence-electron chi connectivity index (χ0n) is 13.2. The van der Waals surface area contributed by atoms with Crippen LogP contribution < -0.4 is 11.1 Å². The van der Waals surface area contributed by atoms with Gasteiger partial charge < -0.3 is 11.1 Å². The molecule has 0 aliphatic heterocycles. The Hall–Kier alpha value is -2.14. The summed E-state index contributed by atoms with van der Waals surface area (Å²) in [6.45, 7) is 0.500. The van der Waals surface area contributed by atoms with Gasteiger partial charge in [0.05, 0.1) is 6.54 Å². The van der Waals surface area contributed by atoms with E-state index in [0.717, 1.165) is 22.6 Å². The smallest absolute Gasteiger partial charge is 0.193 e. The zero-order valence-corrected chi connectivity index (χ0v) is 14.0. The van der Waals surface area contributed by atoms with Gasteiger partial charge in [0.15, 0.2) is 5.96 Å². The Balaban J connectivity index is 1.62. The first-order valence-corrected chi connectivity index (χ1v) is 9.29. The third kappa shape index (κ3) is 3.99. The van der Waals surface area contributed by atoms with Gasteiger partial charge in [-0.1, -0.05) is 18.2 Å².